The number of methoxy groups -OCH3 is 4. The van der Waals surface area contributed by atoms with Crippen molar-refractivity contribution in [2.75, 3.05) is 28.4 Å². The molecular formula is C70H52O8S10. The smallest absolute Gasteiger partial charge is 0.338 e. The lowest BCUT2D eigenvalue weighted by Gasteiger charge is -2.21. The number of benzene rings is 4. The predicted octanol–water partition coefficient (Wildman–Crippen LogP) is 22.9. The first-order chi connectivity index (χ1) is 42.5. The number of thiophene rings is 10. The van der Waals surface area contributed by atoms with Crippen LogP contribution in [0, 0.1) is 41.5 Å². The number of rotatable bonds is 12. The Bertz CT molecular complexity index is 4720. The highest BCUT2D eigenvalue weighted by Gasteiger charge is 2.32. The second-order valence-corrected chi connectivity index (χ2v) is 32.3. The molecule has 0 amide bonds. The first-order valence-electron chi connectivity index (χ1n) is 27.6. The summed E-state index contributed by atoms with van der Waals surface area (Å²) < 4.78 is 28.8. The monoisotopic (exact) mass is 1340 g/mol. The minimum absolute atomic E-state index is 0.405. The van der Waals surface area contributed by atoms with E-state index in [4.69, 9.17) is 18.9 Å². The Morgan fingerprint density at radius 3 is 0.966 bits per heavy atom. The number of ether oxygens (including phenoxy) is 4. The average molecular weight is 1340 g/mol. The Hall–Kier alpha value is -7.20. The van der Waals surface area contributed by atoms with Crippen molar-refractivity contribution in [3.8, 4) is 80.8 Å². The number of fused-ring (bicyclic) bond motifs is 4. The molecule has 8 nitrogen and oxygen atoms in total. The maximum Gasteiger partial charge on any atom is 0.338 e. The van der Waals surface area contributed by atoms with Gasteiger partial charge in [-0.05, 0) is 173 Å². The van der Waals surface area contributed by atoms with E-state index in [9.17, 15) is 19.2 Å². The zero-order valence-corrected chi connectivity index (χ0v) is 57.2. The van der Waals surface area contributed by atoms with Gasteiger partial charge >= 0.3 is 23.9 Å². The summed E-state index contributed by atoms with van der Waals surface area (Å²) in [5.41, 5.74) is 8.35. The molecule has 0 unspecified atom stereocenters. The van der Waals surface area contributed by atoms with Crippen LogP contribution >= 0.6 is 113 Å². The van der Waals surface area contributed by atoms with Crippen molar-refractivity contribution in [2.24, 2.45) is 0 Å². The first kappa shape index (κ1) is 59.7. The third-order valence-electron chi connectivity index (χ3n) is 15.2. The molecule has 0 aliphatic carbocycles. The van der Waals surface area contributed by atoms with Gasteiger partial charge in [0.1, 0.15) is 0 Å². The van der Waals surface area contributed by atoms with E-state index in [0.717, 1.165) is 59.9 Å². The fourth-order valence-corrected chi connectivity index (χ4v) is 22.4. The van der Waals surface area contributed by atoms with Crippen molar-refractivity contribution in [3.63, 3.8) is 0 Å². The second kappa shape index (κ2) is 24.3. The lowest BCUT2D eigenvalue weighted by molar-refractivity contribution is 0.0586. The summed E-state index contributed by atoms with van der Waals surface area (Å²) >= 11 is 17.1. The van der Waals surface area contributed by atoms with Crippen LogP contribution in [0.3, 0.4) is 0 Å². The summed E-state index contributed by atoms with van der Waals surface area (Å²) in [5, 5.41) is 2.43. The number of carbonyl (C=O) groups excluding carboxylic acids is 4. The lowest BCUT2D eigenvalue weighted by Crippen LogP contribution is -2.14. The molecule has 0 saturated heterocycles. The molecule has 0 saturated carbocycles. The molecule has 10 heterocycles. The standard InChI is InChI=1S/C36H26O4S4.C34H26O4S6/c1-19-5-7-27-21(13-19)15-33(41-27)31-11-9-29(43-31)23-17-26(36(38)40-4)24(18-25(23)35(37)39-3)30-10-12-32(44-30)34-16-22-14-20(2)6-8-28(22)42-34;1-15-11-23-27(39-15)13-25(43-23)19-7-9-21(41-19)29-17(3)32(34(36)38-6)30(18(4)31(29)33(35)37-5)22-10-8-20(42-22)26-14-28-24(44-26)12-16(2)40-28/h5-18H,1-4H3;7-14H,1-6H3. The predicted molar refractivity (Wildman–Crippen MR) is 379 cm³/mol. The van der Waals surface area contributed by atoms with E-state index in [0.29, 0.717) is 44.5 Å². The van der Waals surface area contributed by atoms with Gasteiger partial charge in [0.25, 0.3) is 0 Å². The van der Waals surface area contributed by atoms with E-state index in [1.807, 2.05) is 38.1 Å². The third-order valence-corrected chi connectivity index (χ3v) is 27.0. The van der Waals surface area contributed by atoms with Gasteiger partial charge in [0, 0.05) is 119 Å². The Morgan fingerprint density at radius 2 is 0.602 bits per heavy atom. The number of hydrogen-bond acceptors (Lipinski definition) is 18. The zero-order valence-electron chi connectivity index (χ0n) is 49.1. The summed E-state index contributed by atoms with van der Waals surface area (Å²) in [5.74, 6) is -1.76. The molecule has 88 heavy (non-hydrogen) atoms. The molecule has 0 N–H and O–H groups in total. The number of esters is 4. The molecule has 0 atom stereocenters. The summed E-state index contributed by atoms with van der Waals surface area (Å²) in [7, 11) is 5.57. The molecule has 4 aromatic carbocycles. The van der Waals surface area contributed by atoms with Crippen LogP contribution in [0.15, 0.2) is 133 Å². The summed E-state index contributed by atoms with van der Waals surface area (Å²) in [6, 6.07) is 46.3. The topological polar surface area (TPSA) is 105 Å². The van der Waals surface area contributed by atoms with E-state index in [1.165, 1.54) is 98.0 Å². The van der Waals surface area contributed by atoms with E-state index < -0.39 is 23.9 Å². The van der Waals surface area contributed by atoms with Gasteiger partial charge in [0.15, 0.2) is 0 Å². The Labute approximate surface area is 547 Å². The molecule has 0 fully saturated rings. The molecule has 14 rings (SSSR count). The summed E-state index contributed by atoms with van der Waals surface area (Å²) in [6.07, 6.45) is 0. The highest BCUT2D eigenvalue weighted by Crippen LogP contribution is 2.51. The number of aryl methyl sites for hydroxylation is 4. The molecular weight excluding hydrogens is 1290 g/mol. The number of hydrogen-bond donors (Lipinski definition) is 0. The SMILES string of the molecule is COC(=O)c1c(C)c(-c2ccc(-c3cc4sc(C)cc4s3)s2)c(C(=O)OC)c(C)c1-c1ccc(-c2cc3sc(C)cc3s2)s1.COC(=O)c1cc(-c2ccc(-c3cc4cc(C)ccc4s3)s2)c(C(=O)OC)cc1-c1ccc(-c2cc3cc(C)ccc3s2)s1. The van der Waals surface area contributed by atoms with Crippen LogP contribution in [0.4, 0.5) is 0 Å². The highest BCUT2D eigenvalue weighted by atomic mass is 32.1. The summed E-state index contributed by atoms with van der Waals surface area (Å²) in [4.78, 5) is 68.7. The van der Waals surface area contributed by atoms with Crippen molar-refractivity contribution in [3.05, 3.63) is 188 Å². The van der Waals surface area contributed by atoms with Gasteiger partial charge in [-0.15, -0.1) is 113 Å². The molecule has 0 spiro atoms. The largest absolute Gasteiger partial charge is 0.465 e. The van der Waals surface area contributed by atoms with Gasteiger partial charge in [0.05, 0.1) is 50.7 Å². The van der Waals surface area contributed by atoms with Crippen LogP contribution in [-0.2, 0) is 18.9 Å². The molecule has 0 radical (unpaired) electrons. The fourth-order valence-electron chi connectivity index (χ4n) is 11.1. The highest BCUT2D eigenvalue weighted by molar-refractivity contribution is 7.32. The average Bonchev–Trinajstić information content (AvgIpc) is 1.23. The van der Waals surface area contributed by atoms with Gasteiger partial charge in [-0.25, -0.2) is 19.2 Å². The molecule has 14 aromatic rings. The van der Waals surface area contributed by atoms with Crippen LogP contribution in [0.1, 0.15) is 73.4 Å². The molecule has 0 aliphatic heterocycles. The van der Waals surface area contributed by atoms with Crippen LogP contribution in [0.5, 0.6) is 0 Å². The van der Waals surface area contributed by atoms with E-state index in [-0.39, 0.29) is 0 Å². The van der Waals surface area contributed by atoms with Crippen molar-refractivity contribution < 1.29 is 38.1 Å². The van der Waals surface area contributed by atoms with Crippen molar-refractivity contribution in [2.45, 2.75) is 41.5 Å². The Kier molecular flexibility index (Phi) is 16.5. The molecule has 440 valence electrons. The van der Waals surface area contributed by atoms with Crippen LogP contribution in [0.25, 0.3) is 120 Å². The van der Waals surface area contributed by atoms with Gasteiger partial charge in [-0.1, -0.05) is 35.4 Å². The van der Waals surface area contributed by atoms with Crippen molar-refractivity contribution >= 4 is 176 Å². The molecule has 10 aromatic heterocycles. The van der Waals surface area contributed by atoms with Crippen molar-refractivity contribution in [1.29, 1.82) is 0 Å². The van der Waals surface area contributed by atoms with Crippen LogP contribution in [-0.4, -0.2) is 52.3 Å². The van der Waals surface area contributed by atoms with Gasteiger partial charge in [0.2, 0.25) is 0 Å². The summed E-state index contributed by atoms with van der Waals surface area (Å²) in [6.45, 7) is 12.3. The van der Waals surface area contributed by atoms with Crippen LogP contribution in [0.2, 0.25) is 0 Å². The maximum absolute atomic E-state index is 13.5. The van der Waals surface area contributed by atoms with Gasteiger partial charge in [-0.2, -0.15) is 0 Å². The minimum atomic E-state index is -0.457. The lowest BCUT2D eigenvalue weighted by atomic mass is 9.86. The Balaban J connectivity index is 0.000000162. The number of carbonyl (C=O) groups is 4. The minimum Gasteiger partial charge on any atom is -0.465 e. The maximum atomic E-state index is 13.5. The van der Waals surface area contributed by atoms with E-state index >= 15 is 0 Å². The second-order valence-electron chi connectivity index (χ2n) is 21.0. The molecule has 18 heteroatoms. The normalized spacial score (nSPS) is 11.5. The quantitative estimate of drug-likeness (QED) is 0.0880. The van der Waals surface area contributed by atoms with Gasteiger partial charge in [-0.3, -0.25) is 0 Å². The van der Waals surface area contributed by atoms with E-state index in [1.54, 1.807) is 126 Å². The van der Waals surface area contributed by atoms with Gasteiger partial charge < -0.3 is 18.9 Å². The van der Waals surface area contributed by atoms with E-state index in [2.05, 4.69) is 125 Å². The van der Waals surface area contributed by atoms with Crippen LogP contribution < -0.4 is 0 Å². The molecule has 0 aliphatic rings. The first-order valence-corrected chi connectivity index (χ1v) is 35.8. The third kappa shape index (κ3) is 11.2. The zero-order chi connectivity index (χ0) is 61.4. The fraction of sp³-hybridized carbons (Fsp3) is 0.143. The van der Waals surface area contributed by atoms with Crippen molar-refractivity contribution in [1.82, 2.24) is 0 Å². The Morgan fingerprint density at radius 1 is 0.284 bits per heavy atom. The molecule has 0 bridgehead atoms.